The molecule has 0 fully saturated rings. The van der Waals surface area contributed by atoms with Crippen molar-refractivity contribution in [3.63, 3.8) is 0 Å². The summed E-state index contributed by atoms with van der Waals surface area (Å²) in [4.78, 5) is 16.9. The molecule has 10 heteroatoms. The van der Waals surface area contributed by atoms with Crippen LogP contribution in [0.5, 0.6) is 11.5 Å². The first kappa shape index (κ1) is 23.7. The minimum Gasteiger partial charge on any atom is -0.506 e. The number of phenolic OH excluding ortho intramolecular Hbond substituents is 1. The van der Waals surface area contributed by atoms with E-state index < -0.39 is 15.9 Å². The van der Waals surface area contributed by atoms with E-state index in [-0.39, 0.29) is 28.6 Å². The molecular formula is C22H25N3O5S2. The van der Waals surface area contributed by atoms with Crippen molar-refractivity contribution in [3.8, 4) is 11.5 Å². The summed E-state index contributed by atoms with van der Waals surface area (Å²) >= 11 is 1.27. The third-order valence-corrected chi connectivity index (χ3v) is 7.60. The molecule has 0 unspecified atom stereocenters. The first-order chi connectivity index (χ1) is 15.2. The highest BCUT2D eigenvalue weighted by atomic mass is 32.2. The molecular weight excluding hydrogens is 450 g/mol. The molecule has 170 valence electrons. The second-order valence-corrected chi connectivity index (χ2v) is 9.83. The van der Waals surface area contributed by atoms with E-state index in [1.807, 2.05) is 31.2 Å². The third kappa shape index (κ3) is 5.45. The van der Waals surface area contributed by atoms with E-state index >= 15 is 0 Å². The van der Waals surface area contributed by atoms with Gasteiger partial charge in [-0.3, -0.25) is 4.79 Å². The molecule has 0 bridgehead atoms. The number of ether oxygens (including phenoxy) is 1. The maximum absolute atomic E-state index is 12.7. The van der Waals surface area contributed by atoms with Gasteiger partial charge in [-0.05, 0) is 37.3 Å². The Balaban J connectivity index is 1.71. The summed E-state index contributed by atoms with van der Waals surface area (Å²) < 4.78 is 32.4. The van der Waals surface area contributed by atoms with Gasteiger partial charge in [-0.25, -0.2) is 13.4 Å². The average molecular weight is 476 g/mol. The number of sulfonamides is 1. The van der Waals surface area contributed by atoms with Gasteiger partial charge in [0.2, 0.25) is 10.0 Å². The average Bonchev–Trinajstić information content (AvgIpc) is 3.24. The van der Waals surface area contributed by atoms with Crippen molar-refractivity contribution < 1.29 is 23.1 Å². The Bertz CT molecular complexity index is 1190. The van der Waals surface area contributed by atoms with E-state index in [1.165, 1.54) is 33.8 Å². The van der Waals surface area contributed by atoms with E-state index in [4.69, 9.17) is 4.74 Å². The molecule has 32 heavy (non-hydrogen) atoms. The molecule has 2 aromatic carbocycles. The molecule has 0 saturated carbocycles. The van der Waals surface area contributed by atoms with E-state index in [1.54, 1.807) is 19.2 Å². The highest BCUT2D eigenvalue weighted by Gasteiger charge is 2.23. The highest BCUT2D eigenvalue weighted by Crippen LogP contribution is 2.28. The molecule has 3 aromatic rings. The van der Waals surface area contributed by atoms with Crippen LogP contribution >= 0.6 is 11.3 Å². The molecule has 0 saturated heterocycles. The van der Waals surface area contributed by atoms with Gasteiger partial charge in [0.05, 0.1) is 10.6 Å². The molecule has 0 spiro atoms. The summed E-state index contributed by atoms with van der Waals surface area (Å²) in [7, 11) is -3.73. The van der Waals surface area contributed by atoms with Gasteiger partial charge in [0.1, 0.15) is 28.8 Å². The van der Waals surface area contributed by atoms with E-state index in [2.05, 4.69) is 10.3 Å². The number of nitrogens with one attached hydrogen (secondary N) is 1. The Hall–Kier alpha value is -2.95. The van der Waals surface area contributed by atoms with Crippen molar-refractivity contribution in [2.45, 2.75) is 32.3 Å². The van der Waals surface area contributed by atoms with Gasteiger partial charge >= 0.3 is 0 Å². The number of anilines is 1. The van der Waals surface area contributed by atoms with Crippen LogP contribution in [0.15, 0.2) is 52.7 Å². The minimum atomic E-state index is -3.73. The third-order valence-electron chi connectivity index (χ3n) is 4.73. The number of rotatable bonds is 9. The number of benzene rings is 2. The minimum absolute atomic E-state index is 0.00585. The van der Waals surface area contributed by atoms with Crippen molar-refractivity contribution in [3.05, 3.63) is 64.1 Å². The Kier molecular flexibility index (Phi) is 7.49. The van der Waals surface area contributed by atoms with Gasteiger partial charge in [-0.2, -0.15) is 4.31 Å². The van der Waals surface area contributed by atoms with Crippen molar-refractivity contribution >= 4 is 33.0 Å². The molecule has 0 aliphatic rings. The number of carbonyl (C=O) groups is 1. The van der Waals surface area contributed by atoms with Gasteiger partial charge in [0, 0.05) is 18.5 Å². The Morgan fingerprint density at radius 3 is 2.50 bits per heavy atom. The second-order valence-electron chi connectivity index (χ2n) is 6.95. The van der Waals surface area contributed by atoms with Crippen LogP contribution in [0, 0.1) is 6.92 Å². The lowest BCUT2D eigenvalue weighted by Crippen LogP contribution is -2.30. The lowest BCUT2D eigenvalue weighted by atomic mass is 10.2. The summed E-state index contributed by atoms with van der Waals surface area (Å²) in [5.74, 6) is -0.0986. The molecule has 1 heterocycles. The number of carbonyl (C=O) groups excluding carboxylic acids is 1. The van der Waals surface area contributed by atoms with Crippen LogP contribution in [0.2, 0.25) is 0 Å². The lowest BCUT2D eigenvalue weighted by molar-refractivity contribution is 0.102. The summed E-state index contributed by atoms with van der Waals surface area (Å²) in [5, 5.41) is 14.9. The number of nitrogens with zero attached hydrogens (tertiary/aromatic N) is 2. The van der Waals surface area contributed by atoms with Crippen molar-refractivity contribution in [1.82, 2.24) is 9.29 Å². The summed E-state index contributed by atoms with van der Waals surface area (Å²) in [6.07, 6.45) is 0. The van der Waals surface area contributed by atoms with Crippen LogP contribution in [0.25, 0.3) is 0 Å². The highest BCUT2D eigenvalue weighted by molar-refractivity contribution is 7.89. The van der Waals surface area contributed by atoms with Crippen molar-refractivity contribution in [2.75, 3.05) is 18.4 Å². The maximum atomic E-state index is 12.7. The largest absolute Gasteiger partial charge is 0.506 e. The smallest absolute Gasteiger partial charge is 0.275 e. The summed E-state index contributed by atoms with van der Waals surface area (Å²) in [6.45, 7) is 6.31. The van der Waals surface area contributed by atoms with Crippen LogP contribution in [-0.2, 0) is 16.6 Å². The van der Waals surface area contributed by atoms with Crippen LogP contribution < -0.4 is 10.1 Å². The van der Waals surface area contributed by atoms with Gasteiger partial charge in [-0.1, -0.05) is 31.5 Å². The molecule has 2 N–H and O–H groups in total. The normalized spacial score (nSPS) is 11.5. The van der Waals surface area contributed by atoms with Crippen LogP contribution in [0.1, 0.15) is 34.9 Å². The fraction of sp³-hybridized carbons (Fsp3) is 0.273. The number of aromatic hydroxyl groups is 1. The second kappa shape index (κ2) is 10.1. The SMILES string of the molecule is CCN(CC)S(=O)(=O)c1ccc(O)c(NC(=O)c2csc(COc3ccc(C)cc3)n2)c1. The Morgan fingerprint density at radius 1 is 1.16 bits per heavy atom. The lowest BCUT2D eigenvalue weighted by Gasteiger charge is -2.19. The van der Waals surface area contributed by atoms with Crippen LogP contribution in [0.3, 0.4) is 0 Å². The van der Waals surface area contributed by atoms with E-state index in [0.29, 0.717) is 23.8 Å². The molecule has 0 radical (unpaired) electrons. The number of phenols is 1. The molecule has 8 nitrogen and oxygen atoms in total. The number of aromatic nitrogens is 1. The number of aryl methyl sites for hydroxylation is 1. The van der Waals surface area contributed by atoms with E-state index in [0.717, 1.165) is 5.56 Å². The molecule has 1 amide bonds. The first-order valence-corrected chi connectivity index (χ1v) is 12.3. The topological polar surface area (TPSA) is 109 Å². The van der Waals surface area contributed by atoms with Gasteiger partial charge in [-0.15, -0.1) is 11.3 Å². The number of thiazole rings is 1. The van der Waals surface area contributed by atoms with Crippen LogP contribution in [0.4, 0.5) is 5.69 Å². The molecule has 0 aliphatic carbocycles. The van der Waals surface area contributed by atoms with Gasteiger partial charge in [0.15, 0.2) is 0 Å². The fourth-order valence-electron chi connectivity index (χ4n) is 2.94. The Labute approximate surface area is 191 Å². The standard InChI is InChI=1S/C22H25N3O5S2/c1-4-25(5-2)32(28,29)17-10-11-20(26)18(12-17)24-22(27)19-14-31-21(23-19)13-30-16-8-6-15(3)7-9-16/h6-12,14,26H,4-5,13H2,1-3H3,(H,24,27). The van der Waals surface area contributed by atoms with Gasteiger partial charge in [0.25, 0.3) is 5.91 Å². The number of amides is 1. The van der Waals surface area contributed by atoms with Crippen LogP contribution in [-0.4, -0.2) is 41.8 Å². The zero-order valence-electron chi connectivity index (χ0n) is 18.0. The van der Waals surface area contributed by atoms with Gasteiger partial charge < -0.3 is 15.2 Å². The molecule has 0 atom stereocenters. The number of hydrogen-bond acceptors (Lipinski definition) is 7. The monoisotopic (exact) mass is 475 g/mol. The van der Waals surface area contributed by atoms with Crippen molar-refractivity contribution in [1.29, 1.82) is 0 Å². The number of hydrogen-bond donors (Lipinski definition) is 2. The zero-order valence-corrected chi connectivity index (χ0v) is 19.7. The van der Waals surface area contributed by atoms with Crippen molar-refractivity contribution in [2.24, 2.45) is 0 Å². The summed E-state index contributed by atoms with van der Waals surface area (Å²) in [5.41, 5.74) is 1.27. The predicted molar refractivity (Wildman–Crippen MR) is 124 cm³/mol. The molecule has 3 rings (SSSR count). The zero-order chi connectivity index (χ0) is 23.3. The molecule has 0 aliphatic heterocycles. The predicted octanol–water partition coefficient (Wildman–Crippen LogP) is 4.02. The maximum Gasteiger partial charge on any atom is 0.275 e. The molecule has 1 aromatic heterocycles. The first-order valence-electron chi connectivity index (χ1n) is 10.0. The quantitative estimate of drug-likeness (QED) is 0.453. The van der Waals surface area contributed by atoms with E-state index in [9.17, 15) is 18.3 Å². The fourth-order valence-corrected chi connectivity index (χ4v) is 5.11. The Morgan fingerprint density at radius 2 is 1.84 bits per heavy atom. The summed E-state index contributed by atoms with van der Waals surface area (Å²) in [6, 6.07) is 11.4.